The molecule has 1 aliphatic rings. The zero-order valence-electron chi connectivity index (χ0n) is 9.49. The molecule has 0 aromatic carbocycles. The number of hydrogen-bond acceptors (Lipinski definition) is 6. The predicted molar refractivity (Wildman–Crippen MR) is 61.0 cm³/mol. The molecule has 16 heavy (non-hydrogen) atoms. The molecular formula is C10H16N4O2. The Balaban J connectivity index is 2.18. The standard InChI is InChI=1S/C10H16N4O2/c1-11-9-8(15-2)10(13-6-12-9)14-7-3-4-16-5-7/h6-7H,3-5H2,1-2H3,(H2,11,12,13,14). The average Bonchev–Trinajstić information content (AvgIpc) is 2.81. The molecule has 1 aliphatic heterocycles. The maximum atomic E-state index is 5.30. The van der Waals surface area contributed by atoms with E-state index in [0.717, 1.165) is 13.0 Å². The van der Waals surface area contributed by atoms with Crippen LogP contribution >= 0.6 is 0 Å². The van der Waals surface area contributed by atoms with Crippen LogP contribution in [0.4, 0.5) is 11.6 Å². The fourth-order valence-electron chi connectivity index (χ4n) is 1.69. The SMILES string of the molecule is CNc1ncnc(NC2CCOC2)c1OC. The summed E-state index contributed by atoms with van der Waals surface area (Å²) < 4.78 is 10.6. The zero-order valence-corrected chi connectivity index (χ0v) is 9.49. The molecule has 1 unspecified atom stereocenters. The number of nitrogens with one attached hydrogen (secondary N) is 2. The van der Waals surface area contributed by atoms with Gasteiger partial charge >= 0.3 is 0 Å². The van der Waals surface area contributed by atoms with Crippen molar-refractivity contribution in [3.05, 3.63) is 6.33 Å². The van der Waals surface area contributed by atoms with Crippen LogP contribution in [0.3, 0.4) is 0 Å². The van der Waals surface area contributed by atoms with Gasteiger partial charge in [0.25, 0.3) is 0 Å². The minimum Gasteiger partial charge on any atom is -0.490 e. The monoisotopic (exact) mass is 224 g/mol. The van der Waals surface area contributed by atoms with Gasteiger partial charge in [-0.3, -0.25) is 0 Å². The van der Waals surface area contributed by atoms with Crippen LogP contribution in [0.1, 0.15) is 6.42 Å². The van der Waals surface area contributed by atoms with Crippen LogP contribution in [0.5, 0.6) is 5.75 Å². The van der Waals surface area contributed by atoms with Crippen LogP contribution in [0, 0.1) is 0 Å². The summed E-state index contributed by atoms with van der Waals surface area (Å²) in [6.45, 7) is 1.51. The lowest BCUT2D eigenvalue weighted by Crippen LogP contribution is -2.20. The lowest BCUT2D eigenvalue weighted by Gasteiger charge is -2.15. The first-order valence-corrected chi connectivity index (χ1v) is 5.26. The van der Waals surface area contributed by atoms with Crippen LogP contribution in [-0.4, -0.2) is 43.4 Å². The van der Waals surface area contributed by atoms with Crippen LogP contribution < -0.4 is 15.4 Å². The molecule has 1 aromatic rings. The van der Waals surface area contributed by atoms with E-state index in [1.165, 1.54) is 6.33 Å². The molecule has 0 amide bonds. The fraction of sp³-hybridized carbons (Fsp3) is 0.600. The van der Waals surface area contributed by atoms with Gasteiger partial charge in [-0.25, -0.2) is 9.97 Å². The van der Waals surface area contributed by atoms with Crippen LogP contribution in [0.15, 0.2) is 6.33 Å². The third-order valence-corrected chi connectivity index (χ3v) is 2.52. The highest BCUT2D eigenvalue weighted by Gasteiger charge is 2.19. The first kappa shape index (κ1) is 10.9. The molecule has 2 heterocycles. The Morgan fingerprint density at radius 2 is 2.25 bits per heavy atom. The number of nitrogens with zero attached hydrogens (tertiary/aromatic N) is 2. The Labute approximate surface area is 94.4 Å². The molecule has 0 spiro atoms. The summed E-state index contributed by atoms with van der Waals surface area (Å²) in [6, 6.07) is 0.300. The van der Waals surface area contributed by atoms with E-state index in [-0.39, 0.29) is 0 Å². The number of ether oxygens (including phenoxy) is 2. The number of rotatable bonds is 4. The van der Waals surface area contributed by atoms with Crippen molar-refractivity contribution in [2.45, 2.75) is 12.5 Å². The summed E-state index contributed by atoms with van der Waals surface area (Å²) in [5, 5.41) is 6.26. The highest BCUT2D eigenvalue weighted by atomic mass is 16.5. The average molecular weight is 224 g/mol. The lowest BCUT2D eigenvalue weighted by atomic mass is 10.2. The quantitative estimate of drug-likeness (QED) is 0.785. The van der Waals surface area contributed by atoms with Gasteiger partial charge < -0.3 is 20.1 Å². The minimum atomic E-state index is 0.300. The first-order valence-electron chi connectivity index (χ1n) is 5.26. The second-order valence-electron chi connectivity index (χ2n) is 3.56. The number of methoxy groups -OCH3 is 1. The lowest BCUT2D eigenvalue weighted by molar-refractivity contribution is 0.195. The minimum absolute atomic E-state index is 0.300. The predicted octanol–water partition coefficient (Wildman–Crippen LogP) is 0.728. The van der Waals surface area contributed by atoms with Crippen molar-refractivity contribution in [1.82, 2.24) is 9.97 Å². The van der Waals surface area contributed by atoms with Gasteiger partial charge in [0, 0.05) is 13.7 Å². The van der Waals surface area contributed by atoms with Crippen molar-refractivity contribution >= 4 is 11.6 Å². The third kappa shape index (κ3) is 2.16. The van der Waals surface area contributed by atoms with Crippen molar-refractivity contribution in [1.29, 1.82) is 0 Å². The second-order valence-corrected chi connectivity index (χ2v) is 3.56. The molecule has 2 N–H and O–H groups in total. The topological polar surface area (TPSA) is 68.3 Å². The van der Waals surface area contributed by atoms with E-state index < -0.39 is 0 Å². The van der Waals surface area contributed by atoms with E-state index in [9.17, 15) is 0 Å². The molecule has 6 nitrogen and oxygen atoms in total. The van der Waals surface area contributed by atoms with Gasteiger partial charge in [0.15, 0.2) is 11.6 Å². The van der Waals surface area contributed by atoms with E-state index in [4.69, 9.17) is 9.47 Å². The summed E-state index contributed by atoms with van der Waals surface area (Å²) in [4.78, 5) is 8.26. The van der Waals surface area contributed by atoms with Gasteiger partial charge in [-0.1, -0.05) is 0 Å². The maximum absolute atomic E-state index is 5.30. The van der Waals surface area contributed by atoms with Crippen molar-refractivity contribution in [3.63, 3.8) is 0 Å². The molecule has 0 saturated carbocycles. The summed E-state index contributed by atoms with van der Waals surface area (Å²) in [5.41, 5.74) is 0. The normalized spacial score (nSPS) is 19.5. The molecule has 1 saturated heterocycles. The second kappa shape index (κ2) is 4.98. The molecule has 2 rings (SSSR count). The van der Waals surface area contributed by atoms with Gasteiger partial charge in [0.1, 0.15) is 6.33 Å². The van der Waals surface area contributed by atoms with E-state index >= 15 is 0 Å². The van der Waals surface area contributed by atoms with Crippen molar-refractivity contribution < 1.29 is 9.47 Å². The molecule has 0 radical (unpaired) electrons. The van der Waals surface area contributed by atoms with E-state index in [1.807, 2.05) is 0 Å². The number of anilines is 2. The molecule has 1 atom stereocenters. The zero-order chi connectivity index (χ0) is 11.4. The maximum Gasteiger partial charge on any atom is 0.204 e. The van der Waals surface area contributed by atoms with Crippen molar-refractivity contribution in [3.8, 4) is 5.75 Å². The molecule has 6 heteroatoms. The highest BCUT2D eigenvalue weighted by molar-refractivity contribution is 5.63. The van der Waals surface area contributed by atoms with Crippen LogP contribution in [0.2, 0.25) is 0 Å². The summed E-state index contributed by atoms with van der Waals surface area (Å²) >= 11 is 0. The van der Waals surface area contributed by atoms with Crippen molar-refractivity contribution in [2.24, 2.45) is 0 Å². The van der Waals surface area contributed by atoms with Crippen molar-refractivity contribution in [2.75, 3.05) is 38.0 Å². The van der Waals surface area contributed by atoms with Gasteiger partial charge in [0.2, 0.25) is 5.75 Å². The molecule has 1 aromatic heterocycles. The van der Waals surface area contributed by atoms with Gasteiger partial charge in [-0.15, -0.1) is 0 Å². The molecule has 0 bridgehead atoms. The van der Waals surface area contributed by atoms with Gasteiger partial charge in [-0.2, -0.15) is 0 Å². The number of hydrogen-bond donors (Lipinski definition) is 2. The molecular weight excluding hydrogens is 208 g/mol. The summed E-state index contributed by atoms with van der Waals surface area (Å²) in [5.74, 6) is 2.02. The summed E-state index contributed by atoms with van der Waals surface area (Å²) in [6.07, 6.45) is 2.49. The van der Waals surface area contributed by atoms with E-state index in [2.05, 4.69) is 20.6 Å². The molecule has 1 fully saturated rings. The highest BCUT2D eigenvalue weighted by Crippen LogP contribution is 2.29. The Hall–Kier alpha value is -1.56. The molecule has 88 valence electrons. The van der Waals surface area contributed by atoms with Gasteiger partial charge in [0.05, 0.1) is 19.8 Å². The van der Waals surface area contributed by atoms with E-state index in [0.29, 0.717) is 30.0 Å². The number of aromatic nitrogens is 2. The fourth-order valence-corrected chi connectivity index (χ4v) is 1.69. The largest absolute Gasteiger partial charge is 0.490 e. The van der Waals surface area contributed by atoms with E-state index in [1.54, 1.807) is 14.2 Å². The Kier molecular flexibility index (Phi) is 3.40. The third-order valence-electron chi connectivity index (χ3n) is 2.52. The van der Waals surface area contributed by atoms with Crippen LogP contribution in [0.25, 0.3) is 0 Å². The Morgan fingerprint density at radius 1 is 1.44 bits per heavy atom. The Bertz CT molecular complexity index is 353. The summed E-state index contributed by atoms with van der Waals surface area (Å²) in [7, 11) is 3.41. The Morgan fingerprint density at radius 3 is 2.88 bits per heavy atom. The first-order chi connectivity index (χ1) is 7.85. The van der Waals surface area contributed by atoms with Gasteiger partial charge in [-0.05, 0) is 6.42 Å². The smallest absolute Gasteiger partial charge is 0.204 e. The van der Waals surface area contributed by atoms with Crippen LogP contribution in [-0.2, 0) is 4.74 Å². The molecule has 0 aliphatic carbocycles.